The Hall–Kier alpha value is -2.90. The summed E-state index contributed by atoms with van der Waals surface area (Å²) >= 11 is 0. The molecule has 176 valence electrons. The molecule has 1 aromatic heterocycles. The first kappa shape index (κ1) is 23.3. The summed E-state index contributed by atoms with van der Waals surface area (Å²) in [6, 6.07) is 14.7. The van der Waals surface area contributed by atoms with E-state index in [-0.39, 0.29) is 6.03 Å². The normalized spacial score (nSPS) is 13.9. The second-order valence-electron chi connectivity index (χ2n) is 9.36. The number of hydrogen-bond acceptors (Lipinski definition) is 4. The number of fused-ring (bicyclic) bond motifs is 2. The zero-order valence-corrected chi connectivity index (χ0v) is 20.1. The van der Waals surface area contributed by atoms with Gasteiger partial charge in [-0.25, -0.2) is 9.78 Å². The molecule has 0 aliphatic carbocycles. The van der Waals surface area contributed by atoms with Gasteiger partial charge in [0.25, 0.3) is 0 Å². The molecule has 2 amide bonds. The van der Waals surface area contributed by atoms with Crippen LogP contribution in [0.5, 0.6) is 0 Å². The minimum atomic E-state index is 0.0148. The van der Waals surface area contributed by atoms with Crippen LogP contribution in [-0.4, -0.2) is 40.6 Å². The molecule has 0 atom stereocenters. The highest BCUT2D eigenvalue weighted by Crippen LogP contribution is 2.30. The van der Waals surface area contributed by atoms with Crippen molar-refractivity contribution in [3.63, 3.8) is 0 Å². The first-order chi connectivity index (χ1) is 16.0. The van der Waals surface area contributed by atoms with E-state index in [0.717, 1.165) is 60.6 Å². The number of carbonyl (C=O) groups excluding carboxylic acids is 1. The fourth-order valence-corrected chi connectivity index (χ4v) is 4.39. The standard InChI is InChI=1S/C26H36N6O/c1-19(2)11-14-31-24-10-9-20(16-28-13-6-12-27)15-22(24)29-25(31)18-32-23-8-5-4-7-21(23)17-30(3)26(32)33/h4-5,7-10,15,19,28H,6,11-14,16-18,27H2,1-3H3. The van der Waals surface area contributed by atoms with Gasteiger partial charge in [0.05, 0.1) is 23.3 Å². The molecule has 1 aliphatic rings. The molecule has 3 aromatic rings. The third-order valence-corrected chi connectivity index (χ3v) is 6.26. The average Bonchev–Trinajstić information content (AvgIpc) is 3.14. The monoisotopic (exact) mass is 448 g/mol. The Kier molecular flexibility index (Phi) is 7.30. The molecular weight excluding hydrogens is 412 g/mol. The van der Waals surface area contributed by atoms with Crippen molar-refractivity contribution in [3.8, 4) is 0 Å². The molecule has 0 spiro atoms. The number of aryl methyl sites for hydroxylation is 1. The third kappa shape index (κ3) is 5.20. The highest BCUT2D eigenvalue weighted by atomic mass is 16.2. The summed E-state index contributed by atoms with van der Waals surface area (Å²) in [6.45, 7) is 8.86. The van der Waals surface area contributed by atoms with E-state index in [1.807, 2.05) is 30.1 Å². The van der Waals surface area contributed by atoms with Crippen LogP contribution in [0.1, 0.15) is 43.6 Å². The van der Waals surface area contributed by atoms with Gasteiger partial charge in [-0.2, -0.15) is 0 Å². The highest BCUT2D eigenvalue weighted by molar-refractivity contribution is 5.94. The average molecular weight is 449 g/mol. The Labute approximate surface area is 196 Å². The number of hydrogen-bond donors (Lipinski definition) is 2. The number of aromatic nitrogens is 2. The van der Waals surface area contributed by atoms with Crippen LogP contribution in [0.25, 0.3) is 11.0 Å². The maximum absolute atomic E-state index is 13.1. The van der Waals surface area contributed by atoms with Crippen molar-refractivity contribution >= 4 is 22.8 Å². The van der Waals surface area contributed by atoms with E-state index in [0.29, 0.717) is 25.6 Å². The lowest BCUT2D eigenvalue weighted by Gasteiger charge is -2.35. The minimum absolute atomic E-state index is 0.0148. The Morgan fingerprint density at radius 1 is 1.18 bits per heavy atom. The number of nitrogens with zero attached hydrogens (tertiary/aromatic N) is 4. The lowest BCUT2D eigenvalue weighted by Crippen LogP contribution is -2.45. The molecular formula is C26H36N6O. The Morgan fingerprint density at radius 2 is 2.00 bits per heavy atom. The molecule has 0 saturated heterocycles. The van der Waals surface area contributed by atoms with Crippen molar-refractivity contribution in [1.29, 1.82) is 0 Å². The van der Waals surface area contributed by atoms with Crippen molar-refractivity contribution in [2.24, 2.45) is 11.7 Å². The fourth-order valence-electron chi connectivity index (χ4n) is 4.39. The molecule has 1 aliphatic heterocycles. The predicted molar refractivity (Wildman–Crippen MR) is 134 cm³/mol. The predicted octanol–water partition coefficient (Wildman–Crippen LogP) is 4.09. The van der Waals surface area contributed by atoms with Crippen LogP contribution in [0, 0.1) is 5.92 Å². The van der Waals surface area contributed by atoms with Gasteiger partial charge in [-0.15, -0.1) is 0 Å². The van der Waals surface area contributed by atoms with Crippen LogP contribution >= 0.6 is 0 Å². The van der Waals surface area contributed by atoms with E-state index in [1.165, 1.54) is 5.56 Å². The molecule has 3 N–H and O–H groups in total. The molecule has 7 heteroatoms. The number of amides is 2. The van der Waals surface area contributed by atoms with Crippen molar-refractivity contribution in [3.05, 3.63) is 59.4 Å². The Morgan fingerprint density at radius 3 is 2.79 bits per heavy atom. The van der Waals surface area contributed by atoms with Gasteiger partial charge in [0.1, 0.15) is 5.82 Å². The van der Waals surface area contributed by atoms with Crippen LogP contribution in [0.3, 0.4) is 0 Å². The largest absolute Gasteiger partial charge is 0.330 e. The summed E-state index contributed by atoms with van der Waals surface area (Å²) < 4.78 is 2.30. The lowest BCUT2D eigenvalue weighted by molar-refractivity contribution is 0.209. The number of nitrogens with two attached hydrogens (primary N) is 1. The topological polar surface area (TPSA) is 79.4 Å². The van der Waals surface area contributed by atoms with Gasteiger partial charge in [0.15, 0.2) is 0 Å². The summed E-state index contributed by atoms with van der Waals surface area (Å²) in [5.41, 5.74) is 11.1. The van der Waals surface area contributed by atoms with Gasteiger partial charge in [-0.05, 0) is 61.2 Å². The lowest BCUT2D eigenvalue weighted by atomic mass is 10.1. The first-order valence-corrected chi connectivity index (χ1v) is 12.0. The van der Waals surface area contributed by atoms with E-state index in [4.69, 9.17) is 10.7 Å². The number of imidazole rings is 1. The molecule has 4 rings (SSSR count). The van der Waals surface area contributed by atoms with Gasteiger partial charge >= 0.3 is 6.03 Å². The van der Waals surface area contributed by atoms with Crippen molar-refractivity contribution in [2.75, 3.05) is 25.0 Å². The van der Waals surface area contributed by atoms with E-state index in [9.17, 15) is 4.79 Å². The van der Waals surface area contributed by atoms with E-state index >= 15 is 0 Å². The second kappa shape index (κ2) is 10.4. The van der Waals surface area contributed by atoms with Crippen LogP contribution in [0.15, 0.2) is 42.5 Å². The Balaban J connectivity index is 1.66. The number of carbonyl (C=O) groups is 1. The molecule has 0 radical (unpaired) electrons. The molecule has 7 nitrogen and oxygen atoms in total. The summed E-state index contributed by atoms with van der Waals surface area (Å²) in [6.07, 6.45) is 2.03. The quantitative estimate of drug-likeness (QED) is 0.458. The summed E-state index contributed by atoms with van der Waals surface area (Å²) in [4.78, 5) is 21.8. The number of nitrogens with one attached hydrogen (secondary N) is 1. The number of rotatable bonds is 10. The van der Waals surface area contributed by atoms with Gasteiger partial charge in [0.2, 0.25) is 0 Å². The van der Waals surface area contributed by atoms with Crippen LogP contribution in [0.4, 0.5) is 10.5 Å². The van der Waals surface area contributed by atoms with Crippen molar-refractivity contribution < 1.29 is 4.79 Å². The third-order valence-electron chi connectivity index (χ3n) is 6.26. The zero-order chi connectivity index (χ0) is 23.4. The summed E-state index contributed by atoms with van der Waals surface area (Å²) in [7, 11) is 1.86. The smallest absolute Gasteiger partial charge is 0.324 e. The summed E-state index contributed by atoms with van der Waals surface area (Å²) in [5, 5.41) is 3.44. The number of benzene rings is 2. The fraction of sp³-hybridized carbons (Fsp3) is 0.462. The molecule has 0 unspecified atom stereocenters. The second-order valence-corrected chi connectivity index (χ2v) is 9.36. The molecule has 0 fully saturated rings. The molecule has 0 bridgehead atoms. The number of anilines is 1. The molecule has 0 saturated carbocycles. The van der Waals surface area contributed by atoms with Crippen LogP contribution in [-0.2, 0) is 26.2 Å². The zero-order valence-electron chi connectivity index (χ0n) is 20.1. The molecule has 2 heterocycles. The number of urea groups is 1. The van der Waals surface area contributed by atoms with Gasteiger partial charge < -0.3 is 20.5 Å². The highest BCUT2D eigenvalue weighted by Gasteiger charge is 2.29. The SMILES string of the molecule is CC(C)CCn1c(CN2C(=O)N(C)Cc3ccccc32)nc2cc(CNCCCN)ccc21. The maximum atomic E-state index is 13.1. The maximum Gasteiger partial charge on any atom is 0.324 e. The van der Waals surface area contributed by atoms with E-state index in [2.05, 4.69) is 48.0 Å². The number of para-hydroxylation sites is 1. The van der Waals surface area contributed by atoms with Crippen molar-refractivity contribution in [1.82, 2.24) is 19.8 Å². The minimum Gasteiger partial charge on any atom is -0.330 e. The van der Waals surface area contributed by atoms with E-state index < -0.39 is 0 Å². The van der Waals surface area contributed by atoms with Gasteiger partial charge in [0, 0.05) is 26.7 Å². The van der Waals surface area contributed by atoms with Gasteiger partial charge in [-0.3, -0.25) is 4.90 Å². The van der Waals surface area contributed by atoms with Crippen molar-refractivity contribution in [2.45, 2.75) is 52.9 Å². The molecule has 2 aromatic carbocycles. The van der Waals surface area contributed by atoms with E-state index in [1.54, 1.807) is 4.90 Å². The van der Waals surface area contributed by atoms with Crippen LogP contribution in [0.2, 0.25) is 0 Å². The first-order valence-electron chi connectivity index (χ1n) is 12.0. The van der Waals surface area contributed by atoms with Crippen LogP contribution < -0.4 is 16.0 Å². The molecule has 33 heavy (non-hydrogen) atoms. The summed E-state index contributed by atoms with van der Waals surface area (Å²) in [5.74, 6) is 1.52. The van der Waals surface area contributed by atoms with Gasteiger partial charge in [-0.1, -0.05) is 38.1 Å². The Bertz CT molecular complexity index is 1110.